The molecule has 1 N–H and O–H groups in total. The molecular weight excluding hydrogens is 336 g/mol. The lowest BCUT2D eigenvalue weighted by Crippen LogP contribution is -2.23. The van der Waals surface area contributed by atoms with Gasteiger partial charge in [0, 0.05) is 6.07 Å². The number of nitrogens with one attached hydrogen (secondary N) is 1. The number of nitrogens with zero attached hydrogens (tertiary/aromatic N) is 3. The molecule has 0 bridgehead atoms. The van der Waals surface area contributed by atoms with Crippen molar-refractivity contribution in [1.29, 1.82) is 0 Å². The van der Waals surface area contributed by atoms with E-state index in [-0.39, 0.29) is 22.5 Å². The van der Waals surface area contributed by atoms with Gasteiger partial charge in [0.2, 0.25) is 0 Å². The number of anilines is 1. The molecule has 0 radical (unpaired) electrons. The van der Waals surface area contributed by atoms with Crippen molar-refractivity contribution in [3.8, 4) is 0 Å². The average molecular weight is 360 g/mol. The van der Waals surface area contributed by atoms with Gasteiger partial charge in [-0.1, -0.05) is 26.8 Å². The van der Waals surface area contributed by atoms with Crippen LogP contribution in [0.2, 0.25) is 0 Å². The molecule has 0 aromatic heterocycles. The van der Waals surface area contributed by atoms with Crippen molar-refractivity contribution in [2.75, 3.05) is 5.43 Å². The van der Waals surface area contributed by atoms with E-state index in [0.29, 0.717) is 5.92 Å². The van der Waals surface area contributed by atoms with Gasteiger partial charge >= 0.3 is 5.69 Å². The molecule has 0 heterocycles. The minimum atomic E-state index is -0.663. The number of hydrazone groups is 1. The number of benzene rings is 1. The molecule has 1 unspecified atom stereocenters. The molecule has 0 saturated carbocycles. The van der Waals surface area contributed by atoms with E-state index >= 15 is 0 Å². The van der Waals surface area contributed by atoms with Crippen LogP contribution in [0.3, 0.4) is 0 Å². The zero-order chi connectivity index (χ0) is 19.5. The summed E-state index contributed by atoms with van der Waals surface area (Å²) >= 11 is 0. The maximum absolute atomic E-state index is 11.2. The van der Waals surface area contributed by atoms with E-state index in [1.807, 2.05) is 6.92 Å². The van der Waals surface area contributed by atoms with Crippen LogP contribution in [0.25, 0.3) is 0 Å². The third-order valence-corrected chi connectivity index (χ3v) is 4.83. The van der Waals surface area contributed by atoms with E-state index in [9.17, 15) is 20.2 Å². The molecule has 26 heavy (non-hydrogen) atoms. The van der Waals surface area contributed by atoms with Crippen molar-refractivity contribution in [2.45, 2.75) is 47.0 Å². The van der Waals surface area contributed by atoms with Gasteiger partial charge in [-0.15, -0.1) is 0 Å². The van der Waals surface area contributed by atoms with Crippen LogP contribution in [0.4, 0.5) is 17.1 Å². The summed E-state index contributed by atoms with van der Waals surface area (Å²) in [6.45, 7) is 8.58. The summed E-state index contributed by atoms with van der Waals surface area (Å²) in [6, 6.07) is 3.45. The lowest BCUT2D eigenvalue weighted by molar-refractivity contribution is -0.393. The van der Waals surface area contributed by atoms with Crippen LogP contribution < -0.4 is 5.43 Å². The summed E-state index contributed by atoms with van der Waals surface area (Å²) in [6.07, 6.45) is 5.18. The van der Waals surface area contributed by atoms with E-state index in [1.54, 1.807) is 0 Å². The fourth-order valence-corrected chi connectivity index (χ4v) is 3.04. The third-order valence-electron chi connectivity index (χ3n) is 4.83. The van der Waals surface area contributed by atoms with Gasteiger partial charge in [-0.3, -0.25) is 25.7 Å². The van der Waals surface area contributed by atoms with Crippen LogP contribution >= 0.6 is 0 Å². The SMILES string of the molecule is C/C(=N/Nc1ccc([N+](=O)[O-])cc1[N+](=O)[O-])C1=CCC(C(C)(C)C)CC1. The molecule has 8 heteroatoms. The zero-order valence-corrected chi connectivity index (χ0v) is 15.5. The van der Waals surface area contributed by atoms with Crippen LogP contribution in [0.1, 0.15) is 47.0 Å². The van der Waals surface area contributed by atoms with Gasteiger partial charge in [0.15, 0.2) is 0 Å². The number of nitro groups is 2. The second kappa shape index (κ2) is 7.63. The predicted molar refractivity (Wildman–Crippen MR) is 101 cm³/mol. The molecule has 140 valence electrons. The van der Waals surface area contributed by atoms with Crippen molar-refractivity contribution in [2.24, 2.45) is 16.4 Å². The molecule has 0 spiro atoms. The average Bonchev–Trinajstić information content (AvgIpc) is 2.58. The van der Waals surface area contributed by atoms with Gasteiger partial charge in [0.25, 0.3) is 5.69 Å². The molecule has 2 rings (SSSR count). The molecule has 1 aromatic rings. The Morgan fingerprint density at radius 2 is 1.92 bits per heavy atom. The summed E-state index contributed by atoms with van der Waals surface area (Å²) in [5, 5.41) is 26.2. The molecule has 0 aliphatic heterocycles. The van der Waals surface area contributed by atoms with Gasteiger partial charge in [0.1, 0.15) is 5.69 Å². The number of allylic oxidation sites excluding steroid dienone is 2. The Morgan fingerprint density at radius 1 is 1.23 bits per heavy atom. The highest BCUT2D eigenvalue weighted by Crippen LogP contribution is 2.37. The van der Waals surface area contributed by atoms with Crippen LogP contribution in [0.5, 0.6) is 0 Å². The van der Waals surface area contributed by atoms with E-state index in [0.717, 1.165) is 36.6 Å². The molecule has 0 fully saturated rings. The van der Waals surface area contributed by atoms with Crippen molar-refractivity contribution >= 4 is 22.8 Å². The Bertz CT molecular complexity index is 778. The van der Waals surface area contributed by atoms with Gasteiger partial charge in [-0.05, 0) is 49.2 Å². The second-order valence-corrected chi connectivity index (χ2v) is 7.59. The molecule has 1 aliphatic carbocycles. The smallest absolute Gasteiger partial charge is 0.271 e. The van der Waals surface area contributed by atoms with E-state index in [2.05, 4.69) is 37.4 Å². The molecular formula is C18H24N4O4. The first-order chi connectivity index (χ1) is 12.1. The summed E-state index contributed by atoms with van der Waals surface area (Å²) in [5.41, 5.74) is 4.27. The number of rotatable bonds is 5. The topological polar surface area (TPSA) is 111 Å². The van der Waals surface area contributed by atoms with Crippen LogP contribution in [0, 0.1) is 31.6 Å². The first-order valence-corrected chi connectivity index (χ1v) is 8.52. The molecule has 0 saturated heterocycles. The second-order valence-electron chi connectivity index (χ2n) is 7.59. The lowest BCUT2D eigenvalue weighted by atomic mass is 9.73. The summed E-state index contributed by atoms with van der Waals surface area (Å²) in [7, 11) is 0. The van der Waals surface area contributed by atoms with Crippen molar-refractivity contribution < 1.29 is 9.85 Å². The number of hydrogen-bond donors (Lipinski definition) is 1. The first kappa shape index (κ1) is 19.6. The third kappa shape index (κ3) is 4.65. The molecule has 1 aliphatic rings. The van der Waals surface area contributed by atoms with Gasteiger partial charge in [-0.25, -0.2) is 0 Å². The Morgan fingerprint density at radius 3 is 2.42 bits per heavy atom. The highest BCUT2D eigenvalue weighted by atomic mass is 16.6. The van der Waals surface area contributed by atoms with Gasteiger partial charge in [0.05, 0.1) is 21.6 Å². The summed E-state index contributed by atoms with van der Waals surface area (Å²) < 4.78 is 0. The van der Waals surface area contributed by atoms with Gasteiger partial charge < -0.3 is 0 Å². The minimum Gasteiger partial charge on any atom is -0.271 e. The van der Waals surface area contributed by atoms with Gasteiger partial charge in [-0.2, -0.15) is 5.10 Å². The van der Waals surface area contributed by atoms with E-state index < -0.39 is 9.85 Å². The monoisotopic (exact) mass is 360 g/mol. The Labute approximate surface area is 152 Å². The highest BCUT2D eigenvalue weighted by molar-refractivity contribution is 5.98. The summed E-state index contributed by atoms with van der Waals surface area (Å²) in [4.78, 5) is 20.6. The fraction of sp³-hybridized carbons (Fsp3) is 0.500. The van der Waals surface area contributed by atoms with Crippen molar-refractivity contribution in [1.82, 2.24) is 0 Å². The normalized spacial score (nSPS) is 18.2. The first-order valence-electron chi connectivity index (χ1n) is 8.52. The maximum atomic E-state index is 11.2. The lowest BCUT2D eigenvalue weighted by Gasteiger charge is -2.33. The quantitative estimate of drug-likeness (QED) is 0.448. The molecule has 0 amide bonds. The Balaban J connectivity index is 2.16. The van der Waals surface area contributed by atoms with E-state index in [4.69, 9.17) is 0 Å². The van der Waals surface area contributed by atoms with Crippen molar-refractivity contribution in [3.63, 3.8) is 0 Å². The summed E-state index contributed by atoms with van der Waals surface area (Å²) in [5.74, 6) is 0.628. The highest BCUT2D eigenvalue weighted by Gasteiger charge is 2.26. The zero-order valence-electron chi connectivity index (χ0n) is 15.5. The Kier molecular flexibility index (Phi) is 5.74. The van der Waals surface area contributed by atoms with Crippen LogP contribution in [-0.4, -0.2) is 15.6 Å². The van der Waals surface area contributed by atoms with E-state index in [1.165, 1.54) is 12.1 Å². The number of non-ortho nitro benzene ring substituents is 1. The Hall–Kier alpha value is -2.77. The van der Waals surface area contributed by atoms with Crippen LogP contribution in [0.15, 0.2) is 34.9 Å². The standard InChI is InChI=1S/C18H24N4O4/c1-12(13-5-7-14(8-6-13)18(2,3)4)19-20-16-10-9-15(21(23)24)11-17(16)22(25)26/h5,9-11,14,20H,6-8H2,1-4H3/b19-12-. The number of hydrogen-bond acceptors (Lipinski definition) is 6. The van der Waals surface area contributed by atoms with Crippen molar-refractivity contribution in [3.05, 3.63) is 50.1 Å². The molecule has 1 aromatic carbocycles. The fourth-order valence-electron chi connectivity index (χ4n) is 3.04. The minimum absolute atomic E-state index is 0.129. The maximum Gasteiger partial charge on any atom is 0.301 e. The largest absolute Gasteiger partial charge is 0.301 e. The molecule has 1 atom stereocenters. The van der Waals surface area contributed by atoms with Crippen LogP contribution in [-0.2, 0) is 0 Å². The predicted octanol–water partition coefficient (Wildman–Crippen LogP) is 5.06. The molecule has 8 nitrogen and oxygen atoms in total. The number of nitro benzene ring substituents is 2.